The van der Waals surface area contributed by atoms with Crippen molar-refractivity contribution in [1.29, 1.82) is 0 Å². The Balaban J connectivity index is 1.44. The van der Waals surface area contributed by atoms with E-state index in [1.165, 1.54) is 11.3 Å². The summed E-state index contributed by atoms with van der Waals surface area (Å²) in [4.78, 5) is 18.8. The van der Waals surface area contributed by atoms with Gasteiger partial charge in [0.2, 0.25) is 0 Å². The molecule has 2 heterocycles. The molecule has 3 aromatic rings. The lowest BCUT2D eigenvalue weighted by Gasteiger charge is -2.39. The number of hydrogen-bond donors (Lipinski definition) is 0. The molecule has 23 heavy (non-hydrogen) atoms. The van der Waals surface area contributed by atoms with E-state index in [0.29, 0.717) is 11.6 Å². The second-order valence-corrected chi connectivity index (χ2v) is 6.56. The van der Waals surface area contributed by atoms with Gasteiger partial charge in [-0.25, -0.2) is 4.98 Å². The van der Waals surface area contributed by atoms with E-state index in [2.05, 4.69) is 4.98 Å². The first-order valence-electron chi connectivity index (χ1n) is 7.63. The summed E-state index contributed by atoms with van der Waals surface area (Å²) in [7, 11) is 0. The molecule has 1 aliphatic rings. The minimum absolute atomic E-state index is 0.0319. The quantitative estimate of drug-likeness (QED) is 0.735. The molecule has 5 heteroatoms. The Morgan fingerprint density at radius 3 is 2.70 bits per heavy atom. The lowest BCUT2D eigenvalue weighted by Crippen LogP contribution is -2.52. The lowest BCUT2D eigenvalue weighted by molar-refractivity contribution is -0.107. The fraction of sp³-hybridized carbons (Fsp3) is 0.222. The van der Waals surface area contributed by atoms with Crippen LogP contribution in [-0.2, 0) is 11.3 Å². The van der Waals surface area contributed by atoms with Gasteiger partial charge in [-0.15, -0.1) is 11.3 Å². The number of amides is 1. The molecule has 1 saturated heterocycles. The minimum atomic E-state index is -0.144. The van der Waals surface area contributed by atoms with Gasteiger partial charge >= 0.3 is 0 Å². The number of fused-ring (bicyclic) bond motifs is 1. The summed E-state index contributed by atoms with van der Waals surface area (Å²) >= 11 is 1.44. The van der Waals surface area contributed by atoms with Crippen molar-refractivity contribution >= 4 is 27.5 Å². The molecule has 0 saturated carbocycles. The molecule has 1 atom stereocenters. The van der Waals surface area contributed by atoms with Crippen molar-refractivity contribution in [3.05, 3.63) is 65.2 Å². The number of aromatic nitrogens is 1. The van der Waals surface area contributed by atoms with Gasteiger partial charge in [0.25, 0.3) is 5.91 Å². The van der Waals surface area contributed by atoms with Gasteiger partial charge in [-0.05, 0) is 17.7 Å². The van der Waals surface area contributed by atoms with Crippen molar-refractivity contribution < 1.29 is 9.53 Å². The number of nitrogens with zero attached hydrogens (tertiary/aromatic N) is 2. The van der Waals surface area contributed by atoms with E-state index in [1.54, 1.807) is 4.90 Å². The second kappa shape index (κ2) is 6.10. The van der Waals surface area contributed by atoms with Gasteiger partial charge in [-0.1, -0.05) is 42.5 Å². The van der Waals surface area contributed by atoms with Gasteiger partial charge in [0, 0.05) is 13.0 Å². The molecule has 4 nitrogen and oxygen atoms in total. The molecule has 1 aliphatic heterocycles. The van der Waals surface area contributed by atoms with Crippen LogP contribution in [0.25, 0.3) is 10.2 Å². The summed E-state index contributed by atoms with van der Waals surface area (Å²) in [5, 5.41) is 0.541. The Kier molecular flexibility index (Phi) is 3.81. The largest absolute Gasteiger partial charge is 0.354 e. The predicted molar refractivity (Wildman–Crippen MR) is 90.3 cm³/mol. The number of rotatable bonds is 4. The van der Waals surface area contributed by atoms with Crippen molar-refractivity contribution in [1.82, 2.24) is 9.88 Å². The molecule has 116 valence electrons. The number of thiazole rings is 1. The highest BCUT2D eigenvalue weighted by Gasteiger charge is 2.34. The number of benzene rings is 2. The zero-order valence-electron chi connectivity index (χ0n) is 12.5. The van der Waals surface area contributed by atoms with Crippen LogP contribution in [0, 0.1) is 0 Å². The van der Waals surface area contributed by atoms with E-state index in [-0.39, 0.29) is 12.1 Å². The van der Waals surface area contributed by atoms with Crippen LogP contribution in [0.3, 0.4) is 0 Å². The van der Waals surface area contributed by atoms with Crippen molar-refractivity contribution in [3.8, 4) is 0 Å². The summed E-state index contributed by atoms with van der Waals surface area (Å²) in [6.07, 6.45) is 0.735. The van der Waals surface area contributed by atoms with E-state index in [4.69, 9.17) is 4.74 Å². The number of ether oxygens (including phenoxy) is 1. The van der Waals surface area contributed by atoms with Gasteiger partial charge in [0.1, 0.15) is 6.23 Å². The smallest absolute Gasteiger partial charge is 0.284 e. The van der Waals surface area contributed by atoms with Crippen molar-refractivity contribution in [3.63, 3.8) is 0 Å². The molecule has 2 aromatic carbocycles. The topological polar surface area (TPSA) is 42.4 Å². The van der Waals surface area contributed by atoms with Gasteiger partial charge in [0.05, 0.1) is 16.8 Å². The average molecular weight is 324 g/mol. The number of para-hydroxylation sites is 1. The maximum atomic E-state index is 12.6. The van der Waals surface area contributed by atoms with Crippen molar-refractivity contribution in [2.24, 2.45) is 0 Å². The molecule has 1 unspecified atom stereocenters. The second-order valence-electron chi connectivity index (χ2n) is 5.53. The Morgan fingerprint density at radius 1 is 1.17 bits per heavy atom. The molecule has 0 bridgehead atoms. The zero-order valence-corrected chi connectivity index (χ0v) is 13.3. The first-order valence-corrected chi connectivity index (χ1v) is 8.45. The van der Waals surface area contributed by atoms with E-state index in [9.17, 15) is 4.79 Å². The standard InChI is InChI=1S/C18H16N2O2S/c21-18(17-19-14-8-4-5-9-15(14)23-17)20-11-10-16(20)22-12-13-6-2-1-3-7-13/h1-9,16H,10-12H2. The molecule has 0 aliphatic carbocycles. The van der Waals surface area contributed by atoms with Crippen LogP contribution in [-0.4, -0.2) is 28.6 Å². The summed E-state index contributed by atoms with van der Waals surface area (Å²) in [6.45, 7) is 1.25. The molecule has 1 amide bonds. The fourth-order valence-corrected chi connectivity index (χ4v) is 3.54. The summed E-state index contributed by atoms with van der Waals surface area (Å²) in [5.41, 5.74) is 2.00. The molecule has 1 fully saturated rings. The van der Waals surface area contributed by atoms with Crippen LogP contribution in [0.15, 0.2) is 54.6 Å². The zero-order chi connectivity index (χ0) is 15.6. The first-order chi connectivity index (χ1) is 11.3. The number of carbonyl (C=O) groups excluding carboxylic acids is 1. The summed E-state index contributed by atoms with van der Waals surface area (Å²) < 4.78 is 6.92. The third-order valence-electron chi connectivity index (χ3n) is 3.99. The van der Waals surface area contributed by atoms with E-state index < -0.39 is 0 Å². The highest BCUT2D eigenvalue weighted by atomic mass is 32.1. The Bertz CT molecular complexity index is 798. The van der Waals surface area contributed by atoms with Crippen LogP contribution in [0.5, 0.6) is 0 Å². The summed E-state index contributed by atoms with van der Waals surface area (Å²) in [6, 6.07) is 17.8. The SMILES string of the molecule is O=C(c1nc2ccccc2s1)N1CCC1OCc1ccccc1. The predicted octanol–water partition coefficient (Wildman–Crippen LogP) is 3.69. The van der Waals surface area contributed by atoms with Crippen LogP contribution >= 0.6 is 11.3 Å². The molecule has 0 N–H and O–H groups in total. The maximum Gasteiger partial charge on any atom is 0.284 e. The molecular weight excluding hydrogens is 308 g/mol. The van der Waals surface area contributed by atoms with Crippen LogP contribution in [0.1, 0.15) is 21.8 Å². The normalized spacial score (nSPS) is 17.2. The number of hydrogen-bond acceptors (Lipinski definition) is 4. The monoisotopic (exact) mass is 324 g/mol. The molecule has 0 spiro atoms. The number of carbonyl (C=O) groups is 1. The van der Waals surface area contributed by atoms with E-state index in [1.807, 2.05) is 54.6 Å². The van der Waals surface area contributed by atoms with Crippen molar-refractivity contribution in [2.75, 3.05) is 6.54 Å². The van der Waals surface area contributed by atoms with Crippen LogP contribution < -0.4 is 0 Å². The van der Waals surface area contributed by atoms with Gasteiger partial charge in [0.15, 0.2) is 5.01 Å². The Morgan fingerprint density at radius 2 is 1.96 bits per heavy atom. The van der Waals surface area contributed by atoms with E-state index >= 15 is 0 Å². The number of likely N-dealkylation sites (tertiary alicyclic amines) is 1. The van der Waals surface area contributed by atoms with E-state index in [0.717, 1.165) is 28.7 Å². The van der Waals surface area contributed by atoms with Crippen molar-refractivity contribution in [2.45, 2.75) is 19.3 Å². The molecule has 4 rings (SSSR count). The first kappa shape index (κ1) is 14.4. The van der Waals surface area contributed by atoms with Gasteiger partial charge in [-0.3, -0.25) is 4.79 Å². The third kappa shape index (κ3) is 2.85. The highest BCUT2D eigenvalue weighted by Crippen LogP contribution is 2.27. The Labute approximate surface area is 138 Å². The molecular formula is C18H16N2O2S. The minimum Gasteiger partial charge on any atom is -0.354 e. The lowest BCUT2D eigenvalue weighted by atomic mass is 10.1. The molecule has 1 aromatic heterocycles. The maximum absolute atomic E-state index is 12.6. The Hall–Kier alpha value is -2.24. The third-order valence-corrected chi connectivity index (χ3v) is 5.01. The highest BCUT2D eigenvalue weighted by molar-refractivity contribution is 7.20. The summed E-state index contributed by atoms with van der Waals surface area (Å²) in [5.74, 6) is -0.0319. The van der Waals surface area contributed by atoms with Gasteiger partial charge < -0.3 is 9.64 Å². The van der Waals surface area contributed by atoms with Crippen LogP contribution in [0.2, 0.25) is 0 Å². The average Bonchev–Trinajstić information content (AvgIpc) is 2.99. The molecule has 0 radical (unpaired) electrons. The fourth-order valence-electron chi connectivity index (χ4n) is 2.62. The van der Waals surface area contributed by atoms with Crippen LogP contribution in [0.4, 0.5) is 0 Å². The van der Waals surface area contributed by atoms with Gasteiger partial charge in [-0.2, -0.15) is 0 Å².